The third kappa shape index (κ3) is 4.22. The van der Waals surface area contributed by atoms with Crippen LogP contribution in [0.3, 0.4) is 0 Å². The smallest absolute Gasteiger partial charge is 0.291 e. The van der Waals surface area contributed by atoms with E-state index in [4.69, 9.17) is 5.73 Å². The lowest BCUT2D eigenvalue weighted by atomic mass is 10.2. The van der Waals surface area contributed by atoms with Gasteiger partial charge < -0.3 is 15.6 Å². The summed E-state index contributed by atoms with van der Waals surface area (Å²) in [5, 5.41) is 2.49. The molecule has 1 heterocycles. The van der Waals surface area contributed by atoms with Gasteiger partial charge in [0.2, 0.25) is 5.91 Å². The van der Waals surface area contributed by atoms with E-state index in [-0.39, 0.29) is 34.7 Å². The number of fused-ring (bicyclic) bond motifs is 1. The average Bonchev–Trinajstić information content (AvgIpc) is 2.93. The van der Waals surface area contributed by atoms with E-state index in [2.05, 4.69) is 10.3 Å². The number of aromatic nitrogens is 2. The Balaban J connectivity index is 1.86. The number of amides is 2. The van der Waals surface area contributed by atoms with Crippen molar-refractivity contribution < 1.29 is 22.8 Å². The number of hydrogen-bond acceptors (Lipinski definition) is 4. The monoisotopic (exact) mass is 394 g/mol. The number of para-hydroxylation sites is 2. The number of rotatable bonds is 6. The van der Waals surface area contributed by atoms with Gasteiger partial charge in [-0.15, -0.1) is 0 Å². The van der Waals surface area contributed by atoms with Crippen LogP contribution in [0.2, 0.25) is 0 Å². The average molecular weight is 394 g/mol. The normalized spacial score (nSPS) is 11.1. The molecule has 0 saturated heterocycles. The van der Waals surface area contributed by atoms with E-state index in [1.807, 2.05) is 0 Å². The first-order chi connectivity index (χ1) is 12.8. The SMILES string of the molecule is NC(=O)c1cc(NC(=O)Cn2c(SC(F)F)nc3ccccc32)ccc1F. The van der Waals surface area contributed by atoms with Crippen LogP contribution in [0, 0.1) is 5.82 Å². The zero-order valence-corrected chi connectivity index (χ0v) is 14.5. The molecule has 0 spiro atoms. The number of thioether (sulfide) groups is 1. The lowest BCUT2D eigenvalue weighted by molar-refractivity contribution is -0.116. The van der Waals surface area contributed by atoms with E-state index in [0.29, 0.717) is 11.0 Å². The Kier molecular flexibility index (Phi) is 5.36. The second kappa shape index (κ2) is 7.70. The van der Waals surface area contributed by atoms with Gasteiger partial charge in [0.05, 0.1) is 16.6 Å². The van der Waals surface area contributed by atoms with Crippen molar-refractivity contribution in [3.63, 3.8) is 0 Å². The van der Waals surface area contributed by atoms with Gasteiger partial charge in [-0.3, -0.25) is 9.59 Å². The van der Waals surface area contributed by atoms with Crippen LogP contribution in [0.1, 0.15) is 10.4 Å². The predicted molar refractivity (Wildman–Crippen MR) is 95.1 cm³/mol. The molecule has 3 rings (SSSR count). The maximum atomic E-state index is 13.5. The summed E-state index contributed by atoms with van der Waals surface area (Å²) >= 11 is 0.235. The molecular formula is C17H13F3N4O2S. The standard InChI is InChI=1S/C17H13F3N4O2S/c18-11-6-5-9(7-10(11)15(21)26)22-14(25)8-24-13-4-2-1-3-12(13)23-17(24)27-16(19)20/h1-7,16H,8H2,(H2,21,26)(H,22,25). The second-order valence-corrected chi connectivity index (χ2v) is 6.41. The summed E-state index contributed by atoms with van der Waals surface area (Å²) in [6.07, 6.45) is 0. The number of nitrogens with two attached hydrogens (primary N) is 1. The van der Waals surface area contributed by atoms with E-state index in [0.717, 1.165) is 12.1 Å². The minimum atomic E-state index is -2.70. The predicted octanol–water partition coefficient (Wildman–Crippen LogP) is 3.23. The first-order valence-electron chi connectivity index (χ1n) is 7.64. The van der Waals surface area contributed by atoms with Gasteiger partial charge in [-0.2, -0.15) is 8.78 Å². The van der Waals surface area contributed by atoms with E-state index in [9.17, 15) is 22.8 Å². The number of primary amides is 1. The highest BCUT2D eigenvalue weighted by atomic mass is 32.2. The van der Waals surface area contributed by atoms with Crippen LogP contribution in [0.5, 0.6) is 0 Å². The Hall–Kier alpha value is -3.01. The van der Waals surface area contributed by atoms with Crippen LogP contribution in [-0.4, -0.2) is 27.1 Å². The first-order valence-corrected chi connectivity index (χ1v) is 8.52. The fourth-order valence-corrected chi connectivity index (χ4v) is 3.11. The van der Waals surface area contributed by atoms with Crippen LogP contribution >= 0.6 is 11.8 Å². The van der Waals surface area contributed by atoms with Gasteiger partial charge in [0.15, 0.2) is 5.16 Å². The summed E-state index contributed by atoms with van der Waals surface area (Å²) in [7, 11) is 0. The van der Waals surface area contributed by atoms with Gasteiger partial charge in [0, 0.05) is 5.69 Å². The minimum absolute atomic E-state index is 0.00159. The molecule has 10 heteroatoms. The molecule has 2 aromatic carbocycles. The molecule has 140 valence electrons. The van der Waals surface area contributed by atoms with Gasteiger partial charge in [0.1, 0.15) is 12.4 Å². The molecule has 0 aliphatic rings. The minimum Gasteiger partial charge on any atom is -0.366 e. The van der Waals surface area contributed by atoms with Gasteiger partial charge in [-0.1, -0.05) is 12.1 Å². The Bertz CT molecular complexity index is 1020. The van der Waals surface area contributed by atoms with Gasteiger partial charge in [-0.05, 0) is 42.1 Å². The topological polar surface area (TPSA) is 90.0 Å². The summed E-state index contributed by atoms with van der Waals surface area (Å²) in [5.41, 5.74) is 5.86. The second-order valence-electron chi connectivity index (χ2n) is 5.45. The van der Waals surface area contributed by atoms with E-state index in [1.54, 1.807) is 24.3 Å². The van der Waals surface area contributed by atoms with E-state index >= 15 is 0 Å². The number of nitrogens with zero attached hydrogens (tertiary/aromatic N) is 2. The molecule has 2 amide bonds. The highest BCUT2D eigenvalue weighted by Crippen LogP contribution is 2.28. The van der Waals surface area contributed by atoms with Crippen LogP contribution < -0.4 is 11.1 Å². The Labute approximate surface area is 155 Å². The molecule has 0 bridgehead atoms. The van der Waals surface area contributed by atoms with Crippen LogP contribution in [0.15, 0.2) is 47.6 Å². The molecule has 3 N–H and O–H groups in total. The molecule has 27 heavy (non-hydrogen) atoms. The van der Waals surface area contributed by atoms with Gasteiger partial charge >= 0.3 is 0 Å². The summed E-state index contributed by atoms with van der Waals surface area (Å²) in [6.45, 7) is -0.293. The molecule has 0 aliphatic carbocycles. The van der Waals surface area contributed by atoms with Crippen molar-refractivity contribution in [1.82, 2.24) is 9.55 Å². The summed E-state index contributed by atoms with van der Waals surface area (Å²) in [5.74, 6) is -5.04. The molecule has 0 saturated carbocycles. The number of halogens is 3. The summed E-state index contributed by atoms with van der Waals surface area (Å²) < 4.78 is 40.5. The zero-order valence-electron chi connectivity index (χ0n) is 13.7. The van der Waals surface area contributed by atoms with Crippen molar-refractivity contribution in [2.24, 2.45) is 5.73 Å². The van der Waals surface area contributed by atoms with Crippen molar-refractivity contribution in [1.29, 1.82) is 0 Å². The molecular weight excluding hydrogens is 381 g/mol. The fraction of sp³-hybridized carbons (Fsp3) is 0.118. The van der Waals surface area contributed by atoms with Crippen LogP contribution in [0.4, 0.5) is 18.9 Å². The number of imidazole rings is 1. The zero-order chi connectivity index (χ0) is 19.6. The first kappa shape index (κ1) is 18.8. The number of hydrogen-bond donors (Lipinski definition) is 2. The number of carbonyl (C=O) groups excluding carboxylic acids is 2. The summed E-state index contributed by atoms with van der Waals surface area (Å²) in [4.78, 5) is 27.7. The van der Waals surface area contributed by atoms with Crippen molar-refractivity contribution in [2.75, 3.05) is 5.32 Å². The Morgan fingerprint density at radius 1 is 1.22 bits per heavy atom. The van der Waals surface area contributed by atoms with E-state index < -0.39 is 23.4 Å². The van der Waals surface area contributed by atoms with E-state index in [1.165, 1.54) is 10.6 Å². The van der Waals surface area contributed by atoms with Crippen molar-refractivity contribution in [3.05, 3.63) is 53.8 Å². The number of anilines is 1. The van der Waals surface area contributed by atoms with Crippen molar-refractivity contribution in [2.45, 2.75) is 17.5 Å². The quantitative estimate of drug-likeness (QED) is 0.628. The van der Waals surface area contributed by atoms with Gasteiger partial charge in [-0.25, -0.2) is 9.37 Å². The number of alkyl halides is 2. The molecule has 0 aliphatic heterocycles. The van der Waals surface area contributed by atoms with Crippen LogP contribution in [-0.2, 0) is 11.3 Å². The fourth-order valence-electron chi connectivity index (χ4n) is 2.51. The van der Waals surface area contributed by atoms with Crippen molar-refractivity contribution in [3.8, 4) is 0 Å². The van der Waals surface area contributed by atoms with Crippen LogP contribution in [0.25, 0.3) is 11.0 Å². The molecule has 3 aromatic rings. The number of benzene rings is 2. The lowest BCUT2D eigenvalue weighted by Gasteiger charge is -2.10. The molecule has 0 radical (unpaired) electrons. The molecule has 0 fully saturated rings. The molecule has 0 unspecified atom stereocenters. The number of nitrogens with one attached hydrogen (secondary N) is 1. The Morgan fingerprint density at radius 2 is 1.96 bits per heavy atom. The largest absolute Gasteiger partial charge is 0.366 e. The third-order valence-corrected chi connectivity index (χ3v) is 4.33. The maximum Gasteiger partial charge on any atom is 0.291 e. The maximum absolute atomic E-state index is 13.5. The Morgan fingerprint density at radius 3 is 2.67 bits per heavy atom. The lowest BCUT2D eigenvalue weighted by Crippen LogP contribution is -2.20. The molecule has 1 aromatic heterocycles. The van der Waals surface area contributed by atoms with Gasteiger partial charge in [0.25, 0.3) is 11.7 Å². The highest BCUT2D eigenvalue weighted by molar-refractivity contribution is 7.99. The highest BCUT2D eigenvalue weighted by Gasteiger charge is 2.18. The summed E-state index contributed by atoms with van der Waals surface area (Å²) in [6, 6.07) is 10.1. The number of carbonyl (C=O) groups is 2. The third-order valence-electron chi connectivity index (χ3n) is 3.63. The molecule has 6 nitrogen and oxygen atoms in total. The van der Waals surface area contributed by atoms with Crippen molar-refractivity contribution >= 4 is 40.3 Å². The molecule has 0 atom stereocenters.